The molecule has 3 rings (SSSR count). The van der Waals surface area contributed by atoms with Crippen LogP contribution in [-0.2, 0) is 4.79 Å². The van der Waals surface area contributed by atoms with Gasteiger partial charge in [0.1, 0.15) is 10.5 Å². The van der Waals surface area contributed by atoms with Gasteiger partial charge in [-0.15, -0.1) is 0 Å². The van der Waals surface area contributed by atoms with Crippen molar-refractivity contribution < 1.29 is 4.79 Å². The number of hydrogen-bond acceptors (Lipinski definition) is 5. The van der Waals surface area contributed by atoms with Crippen LogP contribution < -0.4 is 5.32 Å². The molecule has 0 radical (unpaired) electrons. The molecule has 1 fully saturated rings. The summed E-state index contributed by atoms with van der Waals surface area (Å²) in [4.78, 5) is 26.6. The Morgan fingerprint density at radius 2 is 2.39 bits per heavy atom. The molecule has 0 aromatic carbocycles. The quantitative estimate of drug-likeness (QED) is 0.503. The predicted molar refractivity (Wildman–Crippen MR) is 68.6 cm³/mol. The summed E-state index contributed by atoms with van der Waals surface area (Å²) < 4.78 is 0. The van der Waals surface area contributed by atoms with Gasteiger partial charge in [-0.3, -0.25) is 4.79 Å². The van der Waals surface area contributed by atoms with Crippen LogP contribution in [0.3, 0.4) is 0 Å². The van der Waals surface area contributed by atoms with Gasteiger partial charge in [-0.25, -0.2) is 9.97 Å². The minimum atomic E-state index is 0.0184. The summed E-state index contributed by atoms with van der Waals surface area (Å²) in [6.07, 6.45) is 3.70. The predicted octanol–water partition coefficient (Wildman–Crippen LogP) is 1.38. The maximum absolute atomic E-state index is 11.6. The molecule has 0 spiro atoms. The van der Waals surface area contributed by atoms with Crippen LogP contribution in [-0.4, -0.2) is 37.6 Å². The van der Waals surface area contributed by atoms with Crippen molar-refractivity contribution in [2.75, 3.05) is 5.75 Å². The van der Waals surface area contributed by atoms with Crippen molar-refractivity contribution in [3.05, 3.63) is 11.6 Å². The summed E-state index contributed by atoms with van der Waals surface area (Å²) >= 11 is 7.13. The number of amides is 1. The number of nitrogens with zero attached hydrogens (tertiary/aromatic N) is 3. The fourth-order valence-corrected chi connectivity index (χ4v) is 2.53. The second-order valence-corrected chi connectivity index (χ2v) is 5.33. The number of fused-ring (bicyclic) bond motifs is 1. The molecule has 2 aromatic rings. The average Bonchev–Trinajstić information content (AvgIpc) is 3.01. The second-order valence-electron chi connectivity index (χ2n) is 4.03. The zero-order chi connectivity index (χ0) is 12.5. The minimum absolute atomic E-state index is 0.0184. The third kappa shape index (κ3) is 2.56. The van der Waals surface area contributed by atoms with Crippen LogP contribution in [0.25, 0.3) is 11.2 Å². The Balaban J connectivity index is 1.72. The molecule has 6 nitrogen and oxygen atoms in total. The average molecular weight is 284 g/mol. The molecule has 0 saturated heterocycles. The monoisotopic (exact) mass is 283 g/mol. The van der Waals surface area contributed by atoms with E-state index in [1.807, 2.05) is 0 Å². The molecule has 2 heterocycles. The van der Waals surface area contributed by atoms with Crippen LogP contribution in [0.2, 0.25) is 5.28 Å². The fourth-order valence-electron chi connectivity index (χ4n) is 1.52. The fraction of sp³-hybridized carbons (Fsp3) is 0.400. The molecule has 0 atom stereocenters. The Hall–Kier alpha value is -1.34. The van der Waals surface area contributed by atoms with Crippen molar-refractivity contribution in [3.8, 4) is 0 Å². The maximum Gasteiger partial charge on any atom is 0.230 e. The zero-order valence-corrected chi connectivity index (χ0v) is 10.9. The third-order valence-corrected chi connectivity index (χ3v) is 3.65. The van der Waals surface area contributed by atoms with E-state index in [9.17, 15) is 4.79 Å². The lowest BCUT2D eigenvalue weighted by Crippen LogP contribution is -2.27. The molecular weight excluding hydrogens is 274 g/mol. The molecule has 18 heavy (non-hydrogen) atoms. The molecule has 1 saturated carbocycles. The van der Waals surface area contributed by atoms with Crippen molar-refractivity contribution in [2.24, 2.45) is 0 Å². The molecule has 1 aliphatic rings. The van der Waals surface area contributed by atoms with Gasteiger partial charge in [-0.2, -0.15) is 4.98 Å². The van der Waals surface area contributed by atoms with E-state index >= 15 is 0 Å². The smallest absolute Gasteiger partial charge is 0.230 e. The van der Waals surface area contributed by atoms with E-state index in [2.05, 4.69) is 25.3 Å². The van der Waals surface area contributed by atoms with E-state index in [4.69, 9.17) is 11.6 Å². The highest BCUT2D eigenvalue weighted by atomic mass is 35.5. The number of H-pyrrole nitrogens is 1. The number of carbonyl (C=O) groups excluding carboxylic acids is 1. The Morgan fingerprint density at radius 1 is 1.56 bits per heavy atom. The van der Waals surface area contributed by atoms with Gasteiger partial charge >= 0.3 is 0 Å². The molecule has 94 valence electrons. The van der Waals surface area contributed by atoms with Crippen LogP contribution in [0.1, 0.15) is 12.8 Å². The molecule has 2 N–H and O–H groups in total. The van der Waals surface area contributed by atoms with Crippen LogP contribution in [0.5, 0.6) is 0 Å². The largest absolute Gasteiger partial charge is 0.353 e. The zero-order valence-electron chi connectivity index (χ0n) is 9.31. The number of nitrogens with one attached hydrogen (secondary N) is 2. The van der Waals surface area contributed by atoms with Gasteiger partial charge in [0.2, 0.25) is 11.2 Å². The summed E-state index contributed by atoms with van der Waals surface area (Å²) in [5, 5.41) is 3.70. The van der Waals surface area contributed by atoms with Gasteiger partial charge in [0.25, 0.3) is 0 Å². The maximum atomic E-state index is 11.6. The summed E-state index contributed by atoms with van der Waals surface area (Å²) in [5.41, 5.74) is 1.23. The van der Waals surface area contributed by atoms with Gasteiger partial charge in [0.15, 0.2) is 5.65 Å². The summed E-state index contributed by atoms with van der Waals surface area (Å²) in [5.74, 6) is 0.336. The van der Waals surface area contributed by atoms with Gasteiger partial charge in [0, 0.05) is 6.04 Å². The van der Waals surface area contributed by atoms with Crippen molar-refractivity contribution in [1.29, 1.82) is 0 Å². The Labute approximate surface area is 112 Å². The summed E-state index contributed by atoms with van der Waals surface area (Å²) in [7, 11) is 0. The lowest BCUT2D eigenvalue weighted by molar-refractivity contribution is -0.118. The number of thioether (sulfide) groups is 1. The first-order valence-corrected chi connectivity index (χ1v) is 6.87. The van der Waals surface area contributed by atoms with E-state index in [0.717, 1.165) is 12.8 Å². The number of imidazole rings is 1. The molecule has 0 aliphatic heterocycles. The third-order valence-electron chi connectivity index (χ3n) is 2.51. The first-order chi connectivity index (χ1) is 8.72. The molecule has 1 amide bonds. The van der Waals surface area contributed by atoms with Crippen LogP contribution in [0, 0.1) is 0 Å². The van der Waals surface area contributed by atoms with Gasteiger partial charge in [0.05, 0.1) is 12.1 Å². The molecule has 0 bridgehead atoms. The number of aromatic amines is 1. The number of halogens is 1. The molecule has 0 unspecified atom stereocenters. The van der Waals surface area contributed by atoms with Crippen LogP contribution in [0.15, 0.2) is 11.4 Å². The first kappa shape index (κ1) is 11.7. The van der Waals surface area contributed by atoms with Gasteiger partial charge in [-0.05, 0) is 24.4 Å². The molecular formula is C10H10ClN5OS. The standard InChI is InChI=1S/C10H10ClN5OS/c11-10-15-8-7(12-4-13-8)9(16-10)18-3-6(17)14-5-1-2-5/h4-5H,1-3H2,(H,14,17)(H,12,13,15,16). The minimum Gasteiger partial charge on any atom is -0.353 e. The normalized spacial score (nSPS) is 14.9. The van der Waals surface area contributed by atoms with E-state index in [-0.39, 0.29) is 11.2 Å². The number of carbonyl (C=O) groups is 1. The Morgan fingerprint density at radius 3 is 3.17 bits per heavy atom. The lowest BCUT2D eigenvalue weighted by atomic mass is 10.6. The Kier molecular flexibility index (Phi) is 3.09. The topological polar surface area (TPSA) is 83.6 Å². The van der Waals surface area contributed by atoms with Crippen LogP contribution in [0.4, 0.5) is 0 Å². The van der Waals surface area contributed by atoms with E-state index in [0.29, 0.717) is 28.0 Å². The van der Waals surface area contributed by atoms with Crippen molar-refractivity contribution in [1.82, 2.24) is 25.3 Å². The number of hydrogen-bond donors (Lipinski definition) is 2. The van der Waals surface area contributed by atoms with Crippen molar-refractivity contribution >= 4 is 40.4 Å². The highest BCUT2D eigenvalue weighted by Gasteiger charge is 2.23. The summed E-state index contributed by atoms with van der Waals surface area (Å²) in [6.45, 7) is 0. The molecule has 1 aliphatic carbocycles. The van der Waals surface area contributed by atoms with E-state index < -0.39 is 0 Å². The lowest BCUT2D eigenvalue weighted by Gasteiger charge is -2.03. The van der Waals surface area contributed by atoms with E-state index in [1.54, 1.807) is 0 Å². The summed E-state index contributed by atoms with van der Waals surface area (Å²) in [6, 6.07) is 0.374. The van der Waals surface area contributed by atoms with E-state index in [1.165, 1.54) is 18.1 Å². The first-order valence-electron chi connectivity index (χ1n) is 5.51. The highest BCUT2D eigenvalue weighted by molar-refractivity contribution is 8.00. The van der Waals surface area contributed by atoms with Crippen molar-refractivity contribution in [2.45, 2.75) is 23.9 Å². The second kappa shape index (κ2) is 4.74. The molecule has 8 heteroatoms. The number of aromatic nitrogens is 4. The van der Waals surface area contributed by atoms with Gasteiger partial charge < -0.3 is 10.3 Å². The van der Waals surface area contributed by atoms with Gasteiger partial charge in [-0.1, -0.05) is 11.8 Å². The Bertz CT molecular complexity index is 597. The highest BCUT2D eigenvalue weighted by Crippen LogP contribution is 2.24. The number of rotatable bonds is 4. The van der Waals surface area contributed by atoms with Crippen molar-refractivity contribution in [3.63, 3.8) is 0 Å². The van der Waals surface area contributed by atoms with Crippen LogP contribution >= 0.6 is 23.4 Å². The molecule has 2 aromatic heterocycles. The SMILES string of the molecule is O=C(CSc1nc(Cl)nc2nc[nH]c12)NC1CC1.